The van der Waals surface area contributed by atoms with Crippen LogP contribution in [0.1, 0.15) is 5.69 Å². The van der Waals surface area contributed by atoms with E-state index in [1.165, 1.54) is 11.0 Å². The summed E-state index contributed by atoms with van der Waals surface area (Å²) in [5.41, 5.74) is 7.43. The predicted molar refractivity (Wildman–Crippen MR) is 106 cm³/mol. The fourth-order valence-electron chi connectivity index (χ4n) is 3.50. The van der Waals surface area contributed by atoms with E-state index in [0.29, 0.717) is 50.7 Å². The van der Waals surface area contributed by atoms with E-state index in [9.17, 15) is 9.18 Å². The first kappa shape index (κ1) is 19.6. The minimum absolute atomic E-state index is 0.242. The number of aromatic nitrogens is 1. The van der Waals surface area contributed by atoms with E-state index < -0.39 is 6.09 Å². The van der Waals surface area contributed by atoms with Crippen molar-refractivity contribution in [3.05, 3.63) is 54.1 Å². The second kappa shape index (κ2) is 8.73. The molecule has 8 nitrogen and oxygen atoms in total. The number of benzene rings is 1. The van der Waals surface area contributed by atoms with Gasteiger partial charge in [-0.05, 0) is 30.3 Å². The Balaban J connectivity index is 1.41. The van der Waals surface area contributed by atoms with Gasteiger partial charge in [-0.1, -0.05) is 6.07 Å². The van der Waals surface area contributed by atoms with Gasteiger partial charge in [0.05, 0.1) is 36.8 Å². The van der Waals surface area contributed by atoms with E-state index in [1.807, 2.05) is 28.2 Å². The molecule has 2 aromatic rings. The molecule has 9 heteroatoms. The van der Waals surface area contributed by atoms with Crippen molar-refractivity contribution in [1.82, 2.24) is 10.0 Å². The van der Waals surface area contributed by atoms with Crippen molar-refractivity contribution in [2.45, 2.75) is 12.6 Å². The fraction of sp³-hybridized carbons (Fsp3) is 0.400. The summed E-state index contributed by atoms with van der Waals surface area (Å²) in [7, 11) is 0. The van der Waals surface area contributed by atoms with Gasteiger partial charge in [-0.3, -0.25) is 14.7 Å². The molecule has 29 heavy (non-hydrogen) atoms. The van der Waals surface area contributed by atoms with Crippen LogP contribution in [0.2, 0.25) is 0 Å². The number of hydroxylamine groups is 2. The summed E-state index contributed by atoms with van der Waals surface area (Å²) in [5, 5.41) is 1.85. The number of anilines is 2. The lowest BCUT2D eigenvalue weighted by Crippen LogP contribution is -2.31. The van der Waals surface area contributed by atoms with Gasteiger partial charge in [0.25, 0.3) is 0 Å². The number of rotatable bonds is 5. The Labute approximate surface area is 168 Å². The van der Waals surface area contributed by atoms with Crippen LogP contribution in [0.25, 0.3) is 0 Å². The van der Waals surface area contributed by atoms with Gasteiger partial charge in [-0.25, -0.2) is 9.18 Å². The highest BCUT2D eigenvalue weighted by molar-refractivity contribution is 5.90. The molecule has 2 saturated heterocycles. The Hall–Kier alpha value is -2.75. The standard InChI is InChI=1S/C20H24FN5O3/c21-18-11-16(26-14-17(12-22)29-20(26)27)4-5-19(18)24-7-8-25(28-10-9-24)13-15-3-1-2-6-23-15/h1-6,11,17H,7-10,12-14,22H2/t17-/m0/s1. The van der Waals surface area contributed by atoms with Gasteiger partial charge in [0, 0.05) is 32.4 Å². The number of pyridine rings is 1. The van der Waals surface area contributed by atoms with E-state index in [0.717, 1.165) is 5.69 Å². The number of cyclic esters (lactones) is 1. The van der Waals surface area contributed by atoms with Crippen molar-refractivity contribution in [3.63, 3.8) is 0 Å². The molecule has 1 amide bonds. The molecule has 2 aliphatic rings. The highest BCUT2D eigenvalue weighted by Gasteiger charge is 2.32. The third-order valence-electron chi connectivity index (χ3n) is 5.04. The molecule has 1 aromatic heterocycles. The van der Waals surface area contributed by atoms with Gasteiger partial charge in [-0.2, -0.15) is 5.06 Å². The summed E-state index contributed by atoms with van der Waals surface area (Å²) in [6.45, 7) is 3.40. The lowest BCUT2D eigenvalue weighted by molar-refractivity contribution is -0.155. The second-order valence-electron chi connectivity index (χ2n) is 6.99. The lowest BCUT2D eigenvalue weighted by atomic mass is 10.2. The van der Waals surface area contributed by atoms with Crippen LogP contribution in [0.15, 0.2) is 42.6 Å². The molecule has 0 saturated carbocycles. The number of hydrogen-bond acceptors (Lipinski definition) is 7. The highest BCUT2D eigenvalue weighted by Crippen LogP contribution is 2.28. The smallest absolute Gasteiger partial charge is 0.414 e. The Morgan fingerprint density at radius 3 is 2.83 bits per heavy atom. The maximum absolute atomic E-state index is 14.9. The summed E-state index contributed by atoms with van der Waals surface area (Å²) >= 11 is 0. The molecule has 1 atom stereocenters. The maximum atomic E-state index is 14.9. The van der Waals surface area contributed by atoms with Gasteiger partial charge in [0.2, 0.25) is 0 Å². The van der Waals surface area contributed by atoms with Gasteiger partial charge < -0.3 is 15.4 Å². The third kappa shape index (κ3) is 4.47. The molecule has 2 fully saturated rings. The number of halogens is 1. The number of carbonyl (C=O) groups excluding carboxylic acids is 1. The SMILES string of the molecule is NC[C@H]1CN(c2ccc(N3CCON(Cc4ccccn4)CC3)c(F)c2)C(=O)O1. The minimum Gasteiger partial charge on any atom is -0.443 e. The zero-order valence-corrected chi connectivity index (χ0v) is 16.0. The van der Waals surface area contributed by atoms with Crippen LogP contribution < -0.4 is 15.5 Å². The molecular weight excluding hydrogens is 377 g/mol. The quantitative estimate of drug-likeness (QED) is 0.817. The average Bonchev–Trinajstić information content (AvgIpc) is 2.96. The average molecular weight is 401 g/mol. The molecule has 0 bridgehead atoms. The molecule has 2 aliphatic heterocycles. The zero-order chi connectivity index (χ0) is 20.2. The Morgan fingerprint density at radius 2 is 2.10 bits per heavy atom. The summed E-state index contributed by atoms with van der Waals surface area (Å²) < 4.78 is 20.0. The highest BCUT2D eigenvalue weighted by atomic mass is 19.1. The Kier molecular flexibility index (Phi) is 5.89. The number of ether oxygens (including phenoxy) is 1. The van der Waals surface area contributed by atoms with Crippen LogP contribution in [-0.4, -0.2) is 61.6 Å². The molecule has 1 aromatic carbocycles. The van der Waals surface area contributed by atoms with Crippen LogP contribution >= 0.6 is 0 Å². The van der Waals surface area contributed by atoms with Crippen molar-refractivity contribution in [3.8, 4) is 0 Å². The molecule has 154 valence electrons. The molecular formula is C20H24FN5O3. The number of amides is 1. The Morgan fingerprint density at radius 1 is 1.21 bits per heavy atom. The lowest BCUT2D eigenvalue weighted by Gasteiger charge is -2.24. The van der Waals surface area contributed by atoms with Crippen LogP contribution in [0, 0.1) is 5.82 Å². The first-order chi connectivity index (χ1) is 14.1. The fourth-order valence-corrected chi connectivity index (χ4v) is 3.50. The summed E-state index contributed by atoms with van der Waals surface area (Å²) in [6.07, 6.45) is 0.890. The summed E-state index contributed by atoms with van der Waals surface area (Å²) in [4.78, 5) is 25.4. The normalized spacial score (nSPS) is 20.6. The van der Waals surface area contributed by atoms with Crippen LogP contribution in [0.4, 0.5) is 20.6 Å². The van der Waals surface area contributed by atoms with E-state index >= 15 is 0 Å². The molecule has 0 radical (unpaired) electrons. The monoisotopic (exact) mass is 401 g/mol. The number of nitrogens with zero attached hydrogens (tertiary/aromatic N) is 4. The molecule has 2 N–H and O–H groups in total. The van der Waals surface area contributed by atoms with Gasteiger partial charge in [-0.15, -0.1) is 0 Å². The van der Waals surface area contributed by atoms with Crippen LogP contribution in [-0.2, 0) is 16.1 Å². The van der Waals surface area contributed by atoms with Gasteiger partial charge in [0.1, 0.15) is 11.9 Å². The number of nitrogens with two attached hydrogens (primary N) is 1. The molecule has 0 spiro atoms. The van der Waals surface area contributed by atoms with Crippen molar-refractivity contribution >= 4 is 17.5 Å². The first-order valence-corrected chi connectivity index (χ1v) is 9.64. The molecule has 3 heterocycles. The third-order valence-corrected chi connectivity index (χ3v) is 5.04. The summed E-state index contributed by atoms with van der Waals surface area (Å²) in [5.74, 6) is -0.385. The van der Waals surface area contributed by atoms with E-state index in [1.54, 1.807) is 18.3 Å². The maximum Gasteiger partial charge on any atom is 0.414 e. The van der Waals surface area contributed by atoms with Crippen molar-refractivity contribution in [1.29, 1.82) is 0 Å². The van der Waals surface area contributed by atoms with E-state index in [4.69, 9.17) is 15.3 Å². The van der Waals surface area contributed by atoms with Crippen molar-refractivity contribution in [2.24, 2.45) is 5.73 Å². The van der Waals surface area contributed by atoms with Crippen LogP contribution in [0.3, 0.4) is 0 Å². The van der Waals surface area contributed by atoms with Gasteiger partial charge in [0.15, 0.2) is 0 Å². The minimum atomic E-state index is -0.499. The van der Waals surface area contributed by atoms with Crippen molar-refractivity contribution in [2.75, 3.05) is 49.1 Å². The number of carbonyl (C=O) groups is 1. The topological polar surface area (TPSA) is 84.2 Å². The van der Waals surface area contributed by atoms with E-state index in [2.05, 4.69) is 4.98 Å². The second-order valence-corrected chi connectivity index (χ2v) is 6.99. The summed E-state index contributed by atoms with van der Waals surface area (Å²) in [6, 6.07) is 10.6. The Bertz CT molecular complexity index is 853. The molecule has 4 rings (SSSR count). The predicted octanol–water partition coefficient (Wildman–Crippen LogP) is 1.76. The van der Waals surface area contributed by atoms with Gasteiger partial charge >= 0.3 is 6.09 Å². The van der Waals surface area contributed by atoms with E-state index in [-0.39, 0.29) is 18.5 Å². The molecule has 0 aliphatic carbocycles. The largest absolute Gasteiger partial charge is 0.443 e. The number of hydrogen-bond donors (Lipinski definition) is 1. The van der Waals surface area contributed by atoms with Crippen LogP contribution in [0.5, 0.6) is 0 Å². The van der Waals surface area contributed by atoms with Crippen molar-refractivity contribution < 1.29 is 18.8 Å². The zero-order valence-electron chi connectivity index (χ0n) is 16.0. The molecule has 0 unspecified atom stereocenters. The first-order valence-electron chi connectivity index (χ1n) is 9.64.